The maximum absolute atomic E-state index is 11.8. The Morgan fingerprint density at radius 2 is 2.10 bits per heavy atom. The summed E-state index contributed by atoms with van der Waals surface area (Å²) in [6.07, 6.45) is 0. The molecular weight excluding hydrogens is 268 g/mol. The number of nitrogens with one attached hydrogen (secondary N) is 1. The zero-order valence-corrected chi connectivity index (χ0v) is 11.5. The molecular formula is C16H14N2O3. The highest BCUT2D eigenvalue weighted by Crippen LogP contribution is 2.24. The van der Waals surface area contributed by atoms with Gasteiger partial charge in [-0.05, 0) is 36.8 Å². The number of aromatic hydroxyl groups is 1. The Balaban J connectivity index is 1.98. The van der Waals surface area contributed by atoms with Crippen LogP contribution in [0.15, 0.2) is 42.5 Å². The van der Waals surface area contributed by atoms with Crippen molar-refractivity contribution in [1.29, 1.82) is 5.26 Å². The maximum atomic E-state index is 11.8. The first-order valence-corrected chi connectivity index (χ1v) is 6.31. The number of rotatable bonds is 4. The predicted molar refractivity (Wildman–Crippen MR) is 78.1 cm³/mol. The molecule has 2 rings (SSSR count). The number of hydrogen-bond donors (Lipinski definition) is 2. The fraction of sp³-hybridized carbons (Fsp3) is 0.125. The summed E-state index contributed by atoms with van der Waals surface area (Å²) < 4.78 is 5.31. The molecule has 1 amide bonds. The topological polar surface area (TPSA) is 82.3 Å². The second-order valence-corrected chi connectivity index (χ2v) is 4.47. The molecule has 0 aliphatic carbocycles. The van der Waals surface area contributed by atoms with Crippen LogP contribution >= 0.6 is 0 Å². The summed E-state index contributed by atoms with van der Waals surface area (Å²) in [4.78, 5) is 11.8. The number of anilines is 1. The monoisotopic (exact) mass is 282 g/mol. The molecule has 0 radical (unpaired) electrons. The summed E-state index contributed by atoms with van der Waals surface area (Å²) in [6, 6.07) is 13.6. The molecule has 0 fully saturated rings. The van der Waals surface area contributed by atoms with Crippen molar-refractivity contribution in [3.8, 4) is 17.6 Å². The van der Waals surface area contributed by atoms with Crippen molar-refractivity contribution in [1.82, 2.24) is 0 Å². The number of carbonyl (C=O) groups is 1. The van der Waals surface area contributed by atoms with Crippen molar-refractivity contribution in [3.63, 3.8) is 0 Å². The molecule has 2 N–H and O–H groups in total. The molecule has 0 aliphatic rings. The van der Waals surface area contributed by atoms with Gasteiger partial charge in [0.15, 0.2) is 6.61 Å². The lowest BCUT2D eigenvalue weighted by atomic mass is 10.2. The third-order valence-electron chi connectivity index (χ3n) is 2.79. The number of para-hydroxylation sites is 1. The fourth-order valence-corrected chi connectivity index (χ4v) is 1.76. The van der Waals surface area contributed by atoms with Crippen LogP contribution in [0.3, 0.4) is 0 Å². The molecule has 0 unspecified atom stereocenters. The van der Waals surface area contributed by atoms with E-state index < -0.39 is 5.91 Å². The van der Waals surface area contributed by atoms with Crippen LogP contribution in [0, 0.1) is 18.3 Å². The van der Waals surface area contributed by atoms with Gasteiger partial charge in [0.1, 0.15) is 17.6 Å². The van der Waals surface area contributed by atoms with Crippen molar-refractivity contribution in [2.45, 2.75) is 6.92 Å². The molecule has 0 saturated carbocycles. The zero-order valence-electron chi connectivity index (χ0n) is 11.5. The van der Waals surface area contributed by atoms with Crippen molar-refractivity contribution in [2.75, 3.05) is 11.9 Å². The van der Waals surface area contributed by atoms with Gasteiger partial charge in [-0.2, -0.15) is 5.26 Å². The molecule has 2 aromatic rings. The quantitative estimate of drug-likeness (QED) is 0.844. The SMILES string of the molecule is Cc1ccc(NC(=O)COc2ccccc2C#N)c(O)c1. The van der Waals surface area contributed by atoms with Gasteiger partial charge in [0, 0.05) is 0 Å². The maximum Gasteiger partial charge on any atom is 0.262 e. The van der Waals surface area contributed by atoms with Gasteiger partial charge in [0.05, 0.1) is 11.3 Å². The lowest BCUT2D eigenvalue weighted by molar-refractivity contribution is -0.118. The first kappa shape index (κ1) is 14.4. The van der Waals surface area contributed by atoms with E-state index in [1.54, 1.807) is 42.5 Å². The third kappa shape index (κ3) is 3.74. The van der Waals surface area contributed by atoms with Crippen molar-refractivity contribution in [3.05, 3.63) is 53.6 Å². The highest BCUT2D eigenvalue weighted by Gasteiger charge is 2.09. The van der Waals surface area contributed by atoms with Crippen molar-refractivity contribution < 1.29 is 14.6 Å². The van der Waals surface area contributed by atoms with Crippen molar-refractivity contribution >= 4 is 11.6 Å². The first-order valence-electron chi connectivity index (χ1n) is 6.31. The van der Waals surface area contributed by atoms with Gasteiger partial charge in [0.2, 0.25) is 0 Å². The number of phenols is 1. The molecule has 5 heteroatoms. The van der Waals surface area contributed by atoms with Gasteiger partial charge in [-0.3, -0.25) is 4.79 Å². The molecule has 5 nitrogen and oxygen atoms in total. The van der Waals surface area contributed by atoms with Crippen LogP contribution in [0.1, 0.15) is 11.1 Å². The van der Waals surface area contributed by atoms with Gasteiger partial charge in [-0.25, -0.2) is 0 Å². The Bertz CT molecular complexity index is 705. The minimum atomic E-state index is -0.415. The number of aryl methyl sites for hydroxylation is 1. The Morgan fingerprint density at radius 1 is 1.33 bits per heavy atom. The second-order valence-electron chi connectivity index (χ2n) is 4.47. The number of benzene rings is 2. The number of ether oxygens (including phenoxy) is 1. The van der Waals surface area contributed by atoms with E-state index in [1.807, 2.05) is 13.0 Å². The Morgan fingerprint density at radius 3 is 2.81 bits per heavy atom. The minimum Gasteiger partial charge on any atom is -0.506 e. The van der Waals surface area contributed by atoms with E-state index in [1.165, 1.54) is 0 Å². The number of phenolic OH excluding ortho intramolecular Hbond substituents is 1. The summed E-state index contributed by atoms with van der Waals surface area (Å²) in [6.45, 7) is 1.60. The first-order chi connectivity index (χ1) is 10.1. The molecule has 0 aliphatic heterocycles. The molecule has 0 aromatic heterocycles. The van der Waals surface area contributed by atoms with Crippen LogP contribution in [0.4, 0.5) is 5.69 Å². The summed E-state index contributed by atoms with van der Waals surface area (Å²) in [5, 5.41) is 21.2. The zero-order chi connectivity index (χ0) is 15.2. The molecule has 0 spiro atoms. The Labute approximate surface area is 122 Å². The Kier molecular flexibility index (Phi) is 4.42. The van der Waals surface area contributed by atoms with Crippen LogP contribution in [-0.2, 0) is 4.79 Å². The fourth-order valence-electron chi connectivity index (χ4n) is 1.76. The van der Waals surface area contributed by atoms with Crippen molar-refractivity contribution in [2.24, 2.45) is 0 Å². The van der Waals surface area contributed by atoms with Crippen LogP contribution < -0.4 is 10.1 Å². The number of amides is 1. The molecule has 0 atom stereocenters. The summed E-state index contributed by atoms with van der Waals surface area (Å²) in [5.41, 5.74) is 1.58. The molecule has 106 valence electrons. The lowest BCUT2D eigenvalue weighted by Gasteiger charge is -2.10. The molecule has 0 bridgehead atoms. The number of carbonyl (C=O) groups excluding carboxylic acids is 1. The molecule has 21 heavy (non-hydrogen) atoms. The molecule has 0 heterocycles. The van der Waals surface area contributed by atoms with E-state index in [9.17, 15) is 9.90 Å². The van der Waals surface area contributed by atoms with E-state index in [-0.39, 0.29) is 12.4 Å². The standard InChI is InChI=1S/C16H14N2O3/c1-11-6-7-13(14(19)8-11)18-16(20)10-21-15-5-3-2-4-12(15)9-17/h2-8,19H,10H2,1H3,(H,18,20). The van der Waals surface area contributed by atoms with Crippen LogP contribution in [0.2, 0.25) is 0 Å². The summed E-state index contributed by atoms with van der Waals surface area (Å²) >= 11 is 0. The molecule has 0 saturated heterocycles. The van der Waals surface area contributed by atoms with Crippen LogP contribution in [0.25, 0.3) is 0 Å². The molecule has 2 aromatic carbocycles. The predicted octanol–water partition coefficient (Wildman–Crippen LogP) is 2.59. The van der Waals surface area contributed by atoms with Crippen LogP contribution in [-0.4, -0.2) is 17.6 Å². The van der Waals surface area contributed by atoms with E-state index in [0.717, 1.165) is 5.56 Å². The smallest absolute Gasteiger partial charge is 0.262 e. The average molecular weight is 282 g/mol. The normalized spacial score (nSPS) is 9.71. The van der Waals surface area contributed by atoms with Gasteiger partial charge in [0.25, 0.3) is 5.91 Å². The van der Waals surface area contributed by atoms with E-state index >= 15 is 0 Å². The van der Waals surface area contributed by atoms with Gasteiger partial charge in [-0.1, -0.05) is 18.2 Å². The van der Waals surface area contributed by atoms with Crippen LogP contribution in [0.5, 0.6) is 11.5 Å². The van der Waals surface area contributed by atoms with E-state index in [2.05, 4.69) is 5.32 Å². The summed E-state index contributed by atoms with van der Waals surface area (Å²) in [5.74, 6) is -0.0639. The minimum absolute atomic E-state index is 0.000718. The van der Waals surface area contributed by atoms with Gasteiger partial charge in [-0.15, -0.1) is 0 Å². The largest absolute Gasteiger partial charge is 0.506 e. The summed E-state index contributed by atoms with van der Waals surface area (Å²) in [7, 11) is 0. The van der Waals surface area contributed by atoms with E-state index in [4.69, 9.17) is 10.00 Å². The highest BCUT2D eigenvalue weighted by molar-refractivity contribution is 5.93. The highest BCUT2D eigenvalue weighted by atomic mass is 16.5. The lowest BCUT2D eigenvalue weighted by Crippen LogP contribution is -2.20. The van der Waals surface area contributed by atoms with E-state index in [0.29, 0.717) is 17.0 Å². The Hall–Kier alpha value is -3.00. The number of hydrogen-bond acceptors (Lipinski definition) is 4. The second kappa shape index (κ2) is 6.44. The van der Waals surface area contributed by atoms with Gasteiger partial charge >= 0.3 is 0 Å². The third-order valence-corrected chi connectivity index (χ3v) is 2.79. The number of nitrogens with zero attached hydrogens (tertiary/aromatic N) is 1. The average Bonchev–Trinajstić information content (AvgIpc) is 2.48. The number of nitriles is 1. The van der Waals surface area contributed by atoms with Gasteiger partial charge < -0.3 is 15.2 Å².